The summed E-state index contributed by atoms with van der Waals surface area (Å²) >= 11 is 0. The van der Waals surface area contributed by atoms with Crippen molar-refractivity contribution in [2.75, 3.05) is 25.0 Å². The van der Waals surface area contributed by atoms with Gasteiger partial charge in [-0.05, 0) is 44.0 Å². The Morgan fingerprint density at radius 2 is 1.89 bits per heavy atom. The molecule has 0 aliphatic carbocycles. The summed E-state index contributed by atoms with van der Waals surface area (Å²) in [6, 6.07) is 17.1. The van der Waals surface area contributed by atoms with Crippen LogP contribution in [-0.4, -0.2) is 42.3 Å². The predicted octanol–water partition coefficient (Wildman–Crippen LogP) is 2.89. The predicted molar refractivity (Wildman–Crippen MR) is 108 cm³/mol. The zero-order chi connectivity index (χ0) is 19.4. The lowest BCUT2D eigenvalue weighted by atomic mass is 9.89. The van der Waals surface area contributed by atoms with Gasteiger partial charge in [-0.25, -0.2) is 0 Å². The summed E-state index contributed by atoms with van der Waals surface area (Å²) in [5, 5.41) is 2.94. The van der Waals surface area contributed by atoms with Crippen molar-refractivity contribution in [2.24, 2.45) is 11.7 Å². The Bertz CT molecular complexity index is 806. The van der Waals surface area contributed by atoms with Gasteiger partial charge in [0, 0.05) is 30.3 Å². The smallest absolute Gasteiger partial charge is 0.241 e. The number of carbonyl (C=O) groups excluding carboxylic acids is 2. The Morgan fingerprint density at radius 3 is 2.56 bits per heavy atom. The van der Waals surface area contributed by atoms with Crippen molar-refractivity contribution in [3.05, 3.63) is 65.7 Å². The molecule has 0 radical (unpaired) electrons. The fraction of sp³-hybridized carbons (Fsp3) is 0.364. The largest absolute Gasteiger partial charge is 0.330 e. The third-order valence-corrected chi connectivity index (χ3v) is 5.46. The van der Waals surface area contributed by atoms with E-state index in [9.17, 15) is 9.59 Å². The molecule has 1 unspecified atom stereocenters. The maximum atomic E-state index is 12.7. The molecular weight excluding hydrogens is 338 g/mol. The summed E-state index contributed by atoms with van der Waals surface area (Å²) in [4.78, 5) is 26.5. The van der Waals surface area contributed by atoms with Gasteiger partial charge in [0.15, 0.2) is 5.78 Å². The Labute approximate surface area is 160 Å². The van der Waals surface area contributed by atoms with Crippen LogP contribution in [0.15, 0.2) is 54.6 Å². The van der Waals surface area contributed by atoms with Gasteiger partial charge >= 0.3 is 0 Å². The highest BCUT2D eigenvalue weighted by Gasteiger charge is 2.36. The van der Waals surface area contributed by atoms with Crippen LogP contribution in [0.1, 0.15) is 35.7 Å². The Morgan fingerprint density at radius 1 is 1.15 bits per heavy atom. The second-order valence-electron chi connectivity index (χ2n) is 7.27. The molecule has 1 fully saturated rings. The molecule has 0 aromatic heterocycles. The molecule has 27 heavy (non-hydrogen) atoms. The number of Topliss-reactive ketones (excluding diaryl/α,β-unsaturated/α-hetero) is 1. The van der Waals surface area contributed by atoms with Crippen LogP contribution >= 0.6 is 0 Å². The van der Waals surface area contributed by atoms with Gasteiger partial charge in [0.2, 0.25) is 5.91 Å². The van der Waals surface area contributed by atoms with Gasteiger partial charge in [0.1, 0.15) is 0 Å². The van der Waals surface area contributed by atoms with E-state index in [1.165, 1.54) is 12.5 Å². The molecule has 3 rings (SSSR count). The first kappa shape index (κ1) is 19.3. The van der Waals surface area contributed by atoms with Gasteiger partial charge in [-0.3, -0.25) is 14.5 Å². The van der Waals surface area contributed by atoms with Crippen LogP contribution in [-0.2, 0) is 4.79 Å². The number of hydrogen-bond donors (Lipinski definition) is 2. The first-order valence-electron chi connectivity index (χ1n) is 9.40. The fourth-order valence-corrected chi connectivity index (χ4v) is 3.77. The maximum absolute atomic E-state index is 12.7. The van der Waals surface area contributed by atoms with Crippen molar-refractivity contribution >= 4 is 17.4 Å². The highest BCUT2D eigenvalue weighted by Crippen LogP contribution is 2.33. The molecule has 5 nitrogen and oxygen atoms in total. The fourth-order valence-electron chi connectivity index (χ4n) is 3.77. The van der Waals surface area contributed by atoms with Crippen LogP contribution in [0, 0.1) is 5.92 Å². The minimum Gasteiger partial charge on any atom is -0.330 e. The summed E-state index contributed by atoms with van der Waals surface area (Å²) in [5.74, 6) is 0.589. The van der Waals surface area contributed by atoms with Crippen LogP contribution in [0.4, 0.5) is 5.69 Å². The number of nitrogens with two attached hydrogens (primary N) is 1. The molecule has 2 aromatic rings. The van der Waals surface area contributed by atoms with Gasteiger partial charge in [-0.1, -0.05) is 42.5 Å². The summed E-state index contributed by atoms with van der Waals surface area (Å²) in [6.45, 7) is 5.66. The number of likely N-dealkylation sites (tertiary alicyclic amines) is 1. The van der Waals surface area contributed by atoms with Crippen molar-refractivity contribution in [3.63, 3.8) is 0 Å². The number of anilines is 1. The lowest BCUT2D eigenvalue weighted by Crippen LogP contribution is -2.41. The molecule has 5 heteroatoms. The van der Waals surface area contributed by atoms with Crippen LogP contribution < -0.4 is 11.1 Å². The van der Waals surface area contributed by atoms with Gasteiger partial charge in [-0.15, -0.1) is 0 Å². The van der Waals surface area contributed by atoms with Crippen LogP contribution in [0.5, 0.6) is 0 Å². The summed E-state index contributed by atoms with van der Waals surface area (Å²) in [5.41, 5.74) is 8.52. The van der Waals surface area contributed by atoms with Crippen LogP contribution in [0.2, 0.25) is 0 Å². The number of nitrogens with zero attached hydrogens (tertiary/aromatic N) is 1. The topological polar surface area (TPSA) is 75.4 Å². The highest BCUT2D eigenvalue weighted by molar-refractivity contribution is 5.98. The zero-order valence-electron chi connectivity index (χ0n) is 15.9. The van der Waals surface area contributed by atoms with E-state index in [4.69, 9.17) is 5.73 Å². The second-order valence-corrected chi connectivity index (χ2v) is 7.27. The van der Waals surface area contributed by atoms with Gasteiger partial charge in [0.25, 0.3) is 0 Å². The molecule has 142 valence electrons. The Kier molecular flexibility index (Phi) is 6.04. The monoisotopic (exact) mass is 365 g/mol. The van der Waals surface area contributed by atoms with E-state index < -0.39 is 0 Å². The number of rotatable bonds is 6. The molecule has 3 atom stereocenters. The molecule has 0 spiro atoms. The molecule has 1 aliphatic heterocycles. The van der Waals surface area contributed by atoms with E-state index in [1.54, 1.807) is 24.3 Å². The van der Waals surface area contributed by atoms with E-state index >= 15 is 0 Å². The van der Waals surface area contributed by atoms with E-state index in [1.807, 2.05) is 25.1 Å². The van der Waals surface area contributed by atoms with E-state index in [0.717, 1.165) is 13.1 Å². The lowest BCUT2D eigenvalue weighted by molar-refractivity contribution is -0.120. The molecule has 2 aromatic carbocycles. The van der Waals surface area contributed by atoms with Gasteiger partial charge in [0.05, 0.1) is 6.04 Å². The van der Waals surface area contributed by atoms with Gasteiger partial charge in [-0.2, -0.15) is 0 Å². The second kappa shape index (κ2) is 8.46. The van der Waals surface area contributed by atoms with Crippen LogP contribution in [0.3, 0.4) is 0 Å². The average Bonchev–Trinajstić information content (AvgIpc) is 3.12. The number of ketones is 1. The molecule has 3 N–H and O–H groups in total. The average molecular weight is 365 g/mol. The SMILES string of the molecule is CC(=O)c1cccc(NC(=O)C(C)N2C[C@@H](CN)[C@H](c3ccccc3)C2)c1. The molecule has 0 bridgehead atoms. The third kappa shape index (κ3) is 4.43. The molecular formula is C22H27N3O2. The van der Waals surface area contributed by atoms with Crippen molar-refractivity contribution < 1.29 is 9.59 Å². The lowest BCUT2D eigenvalue weighted by Gasteiger charge is -2.23. The number of amides is 1. The van der Waals surface area contributed by atoms with Crippen molar-refractivity contribution in [1.82, 2.24) is 4.90 Å². The molecule has 1 heterocycles. The zero-order valence-corrected chi connectivity index (χ0v) is 15.9. The summed E-state index contributed by atoms with van der Waals surface area (Å²) in [6.07, 6.45) is 0. The first-order valence-corrected chi connectivity index (χ1v) is 9.40. The molecule has 0 saturated carbocycles. The molecule has 1 amide bonds. The van der Waals surface area contributed by atoms with Crippen molar-refractivity contribution in [2.45, 2.75) is 25.8 Å². The highest BCUT2D eigenvalue weighted by atomic mass is 16.2. The van der Waals surface area contributed by atoms with Crippen LogP contribution in [0.25, 0.3) is 0 Å². The summed E-state index contributed by atoms with van der Waals surface area (Å²) in [7, 11) is 0. The normalized spacial score (nSPS) is 21.0. The van der Waals surface area contributed by atoms with Gasteiger partial charge < -0.3 is 11.1 Å². The summed E-state index contributed by atoms with van der Waals surface area (Å²) < 4.78 is 0. The third-order valence-electron chi connectivity index (χ3n) is 5.46. The number of carbonyl (C=O) groups is 2. The van der Waals surface area contributed by atoms with E-state index in [-0.39, 0.29) is 17.7 Å². The minimum absolute atomic E-state index is 0.0184. The quantitative estimate of drug-likeness (QED) is 0.772. The Balaban J connectivity index is 1.68. The molecule has 1 aliphatic rings. The number of benzene rings is 2. The Hall–Kier alpha value is -2.50. The standard InChI is InChI=1S/C22H27N3O2/c1-15(22(27)24-20-10-6-9-18(11-20)16(2)26)25-13-19(12-23)21(14-25)17-7-4-3-5-8-17/h3-11,15,19,21H,12-14,23H2,1-2H3,(H,24,27)/t15?,19-,21+/m1/s1. The number of hydrogen-bond acceptors (Lipinski definition) is 4. The van der Waals surface area contributed by atoms with E-state index in [0.29, 0.717) is 29.6 Å². The molecule has 1 saturated heterocycles. The number of nitrogens with one attached hydrogen (secondary N) is 1. The first-order chi connectivity index (χ1) is 13.0. The van der Waals surface area contributed by atoms with Crippen molar-refractivity contribution in [3.8, 4) is 0 Å². The maximum Gasteiger partial charge on any atom is 0.241 e. The van der Waals surface area contributed by atoms with E-state index in [2.05, 4.69) is 22.3 Å². The minimum atomic E-state index is -0.270. The van der Waals surface area contributed by atoms with Crippen molar-refractivity contribution in [1.29, 1.82) is 0 Å².